The average Bonchev–Trinajstić information content (AvgIpc) is 2.64. The van der Waals surface area contributed by atoms with Crippen LogP contribution in [0.2, 0.25) is 0 Å². The molecule has 3 aromatic carbocycles. The standard InChI is InChI=1S/C18H13N2O5P/c21-13-9-11-14(12-10-13)26(17-7-3-1-5-15(17)19(22)23)18-8-4-2-6-16(18)20(24)25/h1-12,21H. The third kappa shape index (κ3) is 3.38. The van der Waals surface area contributed by atoms with E-state index < -0.39 is 17.8 Å². The van der Waals surface area contributed by atoms with Gasteiger partial charge in [-0.3, -0.25) is 20.2 Å². The number of para-hydroxylation sites is 2. The van der Waals surface area contributed by atoms with Gasteiger partial charge < -0.3 is 5.11 Å². The number of hydrogen-bond acceptors (Lipinski definition) is 5. The smallest absolute Gasteiger partial charge is 0.277 e. The molecule has 26 heavy (non-hydrogen) atoms. The third-order valence-corrected chi connectivity index (χ3v) is 6.28. The molecule has 0 aliphatic rings. The summed E-state index contributed by atoms with van der Waals surface area (Å²) < 4.78 is 0. The van der Waals surface area contributed by atoms with Gasteiger partial charge in [0.2, 0.25) is 0 Å². The maximum absolute atomic E-state index is 11.5. The molecule has 0 aliphatic heterocycles. The first-order chi connectivity index (χ1) is 12.5. The summed E-state index contributed by atoms with van der Waals surface area (Å²) in [6, 6.07) is 18.7. The molecule has 0 unspecified atom stereocenters. The molecule has 0 radical (unpaired) electrons. The Kier molecular flexibility index (Phi) is 4.91. The van der Waals surface area contributed by atoms with E-state index in [1.165, 1.54) is 24.3 Å². The Balaban J connectivity index is 2.30. The lowest BCUT2D eigenvalue weighted by atomic mass is 10.3. The molecular weight excluding hydrogens is 355 g/mol. The number of phenols is 1. The minimum atomic E-state index is -1.56. The summed E-state index contributed by atoms with van der Waals surface area (Å²) in [7, 11) is -1.56. The Morgan fingerprint density at radius 3 is 1.54 bits per heavy atom. The minimum absolute atomic E-state index is 0.0498. The van der Waals surface area contributed by atoms with Crippen LogP contribution in [-0.2, 0) is 0 Å². The molecule has 0 spiro atoms. The third-order valence-electron chi connectivity index (χ3n) is 3.75. The van der Waals surface area contributed by atoms with Crippen LogP contribution in [0.3, 0.4) is 0 Å². The van der Waals surface area contributed by atoms with Crippen LogP contribution in [0, 0.1) is 20.2 Å². The number of nitro groups is 2. The highest BCUT2D eigenvalue weighted by Crippen LogP contribution is 2.39. The van der Waals surface area contributed by atoms with Crippen molar-refractivity contribution in [2.75, 3.05) is 0 Å². The van der Waals surface area contributed by atoms with Crippen LogP contribution in [0.5, 0.6) is 5.75 Å². The lowest BCUT2D eigenvalue weighted by molar-refractivity contribution is -0.383. The average molecular weight is 368 g/mol. The van der Waals surface area contributed by atoms with Crippen molar-refractivity contribution in [2.24, 2.45) is 0 Å². The minimum Gasteiger partial charge on any atom is -0.508 e. The van der Waals surface area contributed by atoms with E-state index in [4.69, 9.17) is 0 Å². The predicted molar refractivity (Wildman–Crippen MR) is 100 cm³/mol. The fourth-order valence-electron chi connectivity index (χ4n) is 2.62. The summed E-state index contributed by atoms with van der Waals surface area (Å²) in [5, 5.41) is 34.1. The second-order valence-corrected chi connectivity index (χ2v) is 7.49. The number of nitrogens with zero attached hydrogens (tertiary/aromatic N) is 2. The van der Waals surface area contributed by atoms with Crippen LogP contribution >= 0.6 is 7.92 Å². The Morgan fingerprint density at radius 1 is 0.692 bits per heavy atom. The van der Waals surface area contributed by atoms with Crippen molar-refractivity contribution >= 4 is 35.2 Å². The number of phenolic OH excluding ortho intramolecular Hbond substituents is 1. The van der Waals surface area contributed by atoms with Gasteiger partial charge in [-0.2, -0.15) is 0 Å². The van der Waals surface area contributed by atoms with Crippen molar-refractivity contribution in [3.05, 3.63) is 93.0 Å². The number of aromatic hydroxyl groups is 1. The maximum atomic E-state index is 11.5. The topological polar surface area (TPSA) is 107 Å². The van der Waals surface area contributed by atoms with E-state index in [0.29, 0.717) is 15.9 Å². The van der Waals surface area contributed by atoms with Gasteiger partial charge in [0, 0.05) is 20.1 Å². The molecule has 1 N–H and O–H groups in total. The van der Waals surface area contributed by atoms with Crippen LogP contribution in [0.4, 0.5) is 11.4 Å². The summed E-state index contributed by atoms with van der Waals surface area (Å²) in [6.45, 7) is 0. The lowest BCUT2D eigenvalue weighted by Gasteiger charge is -2.19. The Morgan fingerprint density at radius 2 is 1.12 bits per heavy atom. The first-order valence-corrected chi connectivity index (χ1v) is 8.89. The molecule has 0 atom stereocenters. The van der Waals surface area contributed by atoms with Crippen LogP contribution < -0.4 is 15.9 Å². The number of hydrogen-bond donors (Lipinski definition) is 1. The summed E-state index contributed by atoms with van der Waals surface area (Å²) in [6.07, 6.45) is 0. The van der Waals surface area contributed by atoms with Crippen molar-refractivity contribution in [3.63, 3.8) is 0 Å². The highest BCUT2D eigenvalue weighted by molar-refractivity contribution is 7.80. The Labute approximate surface area is 149 Å². The second kappa shape index (κ2) is 7.29. The molecule has 0 fully saturated rings. The zero-order valence-electron chi connectivity index (χ0n) is 13.4. The first kappa shape index (κ1) is 17.5. The van der Waals surface area contributed by atoms with Gasteiger partial charge in [-0.25, -0.2) is 0 Å². The molecule has 8 heteroatoms. The molecule has 0 amide bonds. The van der Waals surface area contributed by atoms with Crippen molar-refractivity contribution < 1.29 is 15.0 Å². The van der Waals surface area contributed by atoms with Gasteiger partial charge in [-0.15, -0.1) is 0 Å². The molecule has 7 nitrogen and oxygen atoms in total. The summed E-state index contributed by atoms with van der Waals surface area (Å²) in [4.78, 5) is 22.0. The van der Waals surface area contributed by atoms with Crippen molar-refractivity contribution in [1.82, 2.24) is 0 Å². The molecule has 0 aromatic heterocycles. The fourth-order valence-corrected chi connectivity index (χ4v) is 5.13. The highest BCUT2D eigenvalue weighted by Gasteiger charge is 2.29. The van der Waals surface area contributed by atoms with Crippen LogP contribution in [0.1, 0.15) is 0 Å². The fraction of sp³-hybridized carbons (Fsp3) is 0. The molecule has 130 valence electrons. The molecule has 3 aromatic rings. The largest absolute Gasteiger partial charge is 0.508 e. The van der Waals surface area contributed by atoms with Gasteiger partial charge in [0.25, 0.3) is 11.4 Å². The number of rotatable bonds is 5. The summed E-state index contributed by atoms with van der Waals surface area (Å²) in [5.41, 5.74) is -0.185. The zero-order chi connectivity index (χ0) is 18.7. The summed E-state index contributed by atoms with van der Waals surface area (Å²) >= 11 is 0. The monoisotopic (exact) mass is 368 g/mol. The molecule has 0 aliphatic carbocycles. The van der Waals surface area contributed by atoms with E-state index in [2.05, 4.69) is 0 Å². The van der Waals surface area contributed by atoms with Gasteiger partial charge in [0.1, 0.15) is 5.75 Å². The predicted octanol–water partition coefficient (Wildman–Crippen LogP) is 2.97. The van der Waals surface area contributed by atoms with Crippen molar-refractivity contribution in [1.29, 1.82) is 0 Å². The quantitative estimate of drug-likeness (QED) is 0.423. The Bertz CT molecular complexity index is 918. The molecule has 0 bridgehead atoms. The summed E-state index contributed by atoms with van der Waals surface area (Å²) in [5.74, 6) is 0.0498. The van der Waals surface area contributed by atoms with E-state index >= 15 is 0 Å². The van der Waals surface area contributed by atoms with Gasteiger partial charge >= 0.3 is 0 Å². The van der Waals surface area contributed by atoms with Crippen LogP contribution in [0.25, 0.3) is 0 Å². The molecule has 0 saturated carbocycles. The van der Waals surface area contributed by atoms with Crippen molar-refractivity contribution in [3.8, 4) is 5.75 Å². The SMILES string of the molecule is O=[N+]([O-])c1ccccc1P(c1ccc(O)cc1)c1ccccc1[N+](=O)[O-]. The number of benzene rings is 3. The van der Waals surface area contributed by atoms with Gasteiger partial charge in [0.05, 0.1) is 20.5 Å². The first-order valence-electron chi connectivity index (χ1n) is 7.55. The normalized spacial score (nSPS) is 10.7. The van der Waals surface area contributed by atoms with Gasteiger partial charge in [0.15, 0.2) is 0 Å². The molecular formula is C18H13N2O5P. The van der Waals surface area contributed by atoms with E-state index in [-0.39, 0.29) is 17.1 Å². The molecule has 0 heterocycles. The molecule has 3 rings (SSSR count). The van der Waals surface area contributed by atoms with Gasteiger partial charge in [-0.1, -0.05) is 36.4 Å². The Hall–Kier alpha value is -3.31. The highest BCUT2D eigenvalue weighted by atomic mass is 31.1. The molecule has 0 saturated heterocycles. The van der Waals surface area contributed by atoms with Crippen LogP contribution in [0.15, 0.2) is 72.8 Å². The van der Waals surface area contributed by atoms with E-state index in [0.717, 1.165) is 0 Å². The van der Waals surface area contributed by atoms with Gasteiger partial charge in [-0.05, 0) is 29.6 Å². The lowest BCUT2D eigenvalue weighted by Crippen LogP contribution is -2.24. The van der Waals surface area contributed by atoms with E-state index in [1.54, 1.807) is 48.5 Å². The van der Waals surface area contributed by atoms with E-state index in [1.807, 2.05) is 0 Å². The maximum Gasteiger partial charge on any atom is 0.277 e. The van der Waals surface area contributed by atoms with Crippen molar-refractivity contribution in [2.45, 2.75) is 0 Å². The second-order valence-electron chi connectivity index (χ2n) is 5.34. The zero-order valence-corrected chi connectivity index (χ0v) is 14.2. The van der Waals surface area contributed by atoms with Crippen LogP contribution in [-0.4, -0.2) is 15.0 Å². The number of nitro benzene ring substituents is 2. The van der Waals surface area contributed by atoms with E-state index in [9.17, 15) is 25.3 Å².